The van der Waals surface area contributed by atoms with Crippen molar-refractivity contribution in [2.75, 3.05) is 19.8 Å². The van der Waals surface area contributed by atoms with Gasteiger partial charge in [-0.05, 0) is 32.2 Å². The Balaban J connectivity index is 2.73. The zero-order chi connectivity index (χ0) is 11.9. The molecule has 0 aliphatic rings. The Hall–Kier alpha value is -0.203. The van der Waals surface area contributed by atoms with Crippen molar-refractivity contribution in [3.63, 3.8) is 0 Å². The van der Waals surface area contributed by atoms with Crippen LogP contribution < -0.4 is 0 Å². The summed E-state index contributed by atoms with van der Waals surface area (Å²) in [5.74, 6) is 0. The van der Waals surface area contributed by atoms with Crippen LogP contribution >= 0.6 is 11.3 Å². The first kappa shape index (κ1) is 13.9. The number of rotatable bonds is 8. The number of hydrogen-bond donors (Lipinski definition) is 0. The molecular formula is C11H20O3SSi. The lowest BCUT2D eigenvalue weighted by Gasteiger charge is -2.27. The van der Waals surface area contributed by atoms with E-state index >= 15 is 0 Å². The van der Waals surface area contributed by atoms with E-state index < -0.39 is 8.80 Å². The molecule has 1 heterocycles. The van der Waals surface area contributed by atoms with Crippen molar-refractivity contribution in [3.8, 4) is 0 Å². The molecule has 0 radical (unpaired) electrons. The minimum atomic E-state index is -2.49. The molecule has 92 valence electrons. The molecule has 0 fully saturated rings. The zero-order valence-electron chi connectivity index (χ0n) is 10.2. The van der Waals surface area contributed by atoms with E-state index in [9.17, 15) is 0 Å². The summed E-state index contributed by atoms with van der Waals surface area (Å²) in [5.41, 5.74) is 0. The van der Waals surface area contributed by atoms with Crippen LogP contribution in [-0.4, -0.2) is 28.6 Å². The number of thiophene rings is 1. The summed E-state index contributed by atoms with van der Waals surface area (Å²) in [6.07, 6.45) is 0. The average Bonchev–Trinajstić information content (AvgIpc) is 2.71. The van der Waals surface area contributed by atoms with E-state index in [1.807, 2.05) is 26.8 Å². The third-order valence-corrected chi connectivity index (χ3v) is 6.20. The predicted molar refractivity (Wildman–Crippen MR) is 68.7 cm³/mol. The van der Waals surface area contributed by atoms with Crippen LogP contribution in [0.2, 0.25) is 0 Å². The second-order valence-corrected chi connectivity index (χ2v) is 6.86. The lowest BCUT2D eigenvalue weighted by molar-refractivity contribution is 0.0706. The highest BCUT2D eigenvalue weighted by atomic mass is 32.1. The minimum Gasteiger partial charge on any atom is -0.374 e. The van der Waals surface area contributed by atoms with E-state index in [0.717, 1.165) is 6.04 Å². The Kier molecular flexibility index (Phi) is 6.23. The lowest BCUT2D eigenvalue weighted by atomic mass is 10.5. The summed E-state index contributed by atoms with van der Waals surface area (Å²) in [4.78, 5) is 1.27. The fourth-order valence-corrected chi connectivity index (χ4v) is 5.34. The van der Waals surface area contributed by atoms with Crippen molar-refractivity contribution in [2.24, 2.45) is 0 Å². The maximum absolute atomic E-state index is 5.78. The van der Waals surface area contributed by atoms with Gasteiger partial charge in [-0.15, -0.1) is 11.3 Å². The quantitative estimate of drug-likeness (QED) is 0.673. The molecule has 0 aliphatic heterocycles. The van der Waals surface area contributed by atoms with Gasteiger partial charge < -0.3 is 13.3 Å². The molecule has 5 heteroatoms. The van der Waals surface area contributed by atoms with Crippen LogP contribution in [-0.2, 0) is 19.3 Å². The lowest BCUT2D eigenvalue weighted by Crippen LogP contribution is -2.48. The topological polar surface area (TPSA) is 27.7 Å². The Bertz CT molecular complexity index is 260. The molecule has 0 atom stereocenters. The molecule has 0 amide bonds. The Morgan fingerprint density at radius 2 is 1.62 bits per heavy atom. The van der Waals surface area contributed by atoms with E-state index in [1.165, 1.54) is 4.88 Å². The highest BCUT2D eigenvalue weighted by Crippen LogP contribution is 2.20. The van der Waals surface area contributed by atoms with Gasteiger partial charge >= 0.3 is 8.80 Å². The van der Waals surface area contributed by atoms with Crippen LogP contribution in [0.15, 0.2) is 17.5 Å². The predicted octanol–water partition coefficient (Wildman–Crippen LogP) is 2.88. The smallest absolute Gasteiger partial charge is 0.374 e. The largest absolute Gasteiger partial charge is 0.506 e. The molecule has 0 spiro atoms. The van der Waals surface area contributed by atoms with Crippen LogP contribution in [0.25, 0.3) is 0 Å². The van der Waals surface area contributed by atoms with Gasteiger partial charge in [0.05, 0.1) is 6.04 Å². The van der Waals surface area contributed by atoms with Gasteiger partial charge in [-0.2, -0.15) is 0 Å². The summed E-state index contributed by atoms with van der Waals surface area (Å²) in [6, 6.07) is 4.92. The van der Waals surface area contributed by atoms with Crippen LogP contribution in [0, 0.1) is 0 Å². The SMILES string of the molecule is CCO[Si](Cc1cccs1)(OCC)OCC. The fourth-order valence-electron chi connectivity index (χ4n) is 1.56. The molecule has 0 bridgehead atoms. The maximum atomic E-state index is 5.78. The van der Waals surface area contributed by atoms with Crippen molar-refractivity contribution in [3.05, 3.63) is 22.4 Å². The first-order chi connectivity index (χ1) is 7.76. The molecule has 0 unspecified atom stereocenters. The van der Waals surface area contributed by atoms with Gasteiger partial charge in [0.1, 0.15) is 0 Å². The summed E-state index contributed by atoms with van der Waals surface area (Å²) >= 11 is 1.72. The monoisotopic (exact) mass is 260 g/mol. The Labute approximate surface area is 103 Å². The first-order valence-electron chi connectivity index (χ1n) is 5.70. The molecule has 1 aromatic heterocycles. The van der Waals surface area contributed by atoms with E-state index in [2.05, 4.69) is 11.4 Å². The van der Waals surface area contributed by atoms with E-state index in [1.54, 1.807) is 11.3 Å². The highest BCUT2D eigenvalue weighted by Gasteiger charge is 2.40. The van der Waals surface area contributed by atoms with Crippen molar-refractivity contribution >= 4 is 20.1 Å². The Morgan fingerprint density at radius 1 is 1.06 bits per heavy atom. The molecule has 0 N–H and O–H groups in total. The van der Waals surface area contributed by atoms with E-state index in [-0.39, 0.29) is 0 Å². The second kappa shape index (κ2) is 7.19. The average molecular weight is 260 g/mol. The molecular weight excluding hydrogens is 240 g/mol. The molecule has 0 aromatic carbocycles. The molecule has 0 aliphatic carbocycles. The fraction of sp³-hybridized carbons (Fsp3) is 0.636. The normalized spacial score (nSPS) is 11.9. The van der Waals surface area contributed by atoms with Gasteiger partial charge in [-0.25, -0.2) is 0 Å². The van der Waals surface area contributed by atoms with Gasteiger partial charge in [0, 0.05) is 24.7 Å². The van der Waals surface area contributed by atoms with Gasteiger partial charge in [-0.1, -0.05) is 6.07 Å². The molecule has 3 nitrogen and oxygen atoms in total. The van der Waals surface area contributed by atoms with Crippen LogP contribution in [0.3, 0.4) is 0 Å². The first-order valence-corrected chi connectivity index (χ1v) is 8.51. The van der Waals surface area contributed by atoms with Crippen molar-refractivity contribution in [1.29, 1.82) is 0 Å². The van der Waals surface area contributed by atoms with E-state index in [0.29, 0.717) is 19.8 Å². The second-order valence-electron chi connectivity index (χ2n) is 3.24. The van der Waals surface area contributed by atoms with Crippen LogP contribution in [0.5, 0.6) is 0 Å². The van der Waals surface area contributed by atoms with Crippen molar-refractivity contribution in [2.45, 2.75) is 26.8 Å². The van der Waals surface area contributed by atoms with Gasteiger partial charge in [0.15, 0.2) is 0 Å². The van der Waals surface area contributed by atoms with Gasteiger partial charge in [-0.3, -0.25) is 0 Å². The Morgan fingerprint density at radius 3 is 2.00 bits per heavy atom. The summed E-state index contributed by atoms with van der Waals surface area (Å²) in [6.45, 7) is 7.85. The third kappa shape index (κ3) is 3.99. The molecule has 0 saturated heterocycles. The van der Waals surface area contributed by atoms with Crippen LogP contribution in [0.4, 0.5) is 0 Å². The summed E-state index contributed by atoms with van der Waals surface area (Å²) in [7, 11) is -2.49. The van der Waals surface area contributed by atoms with Gasteiger partial charge in [0.2, 0.25) is 0 Å². The number of hydrogen-bond acceptors (Lipinski definition) is 4. The molecule has 16 heavy (non-hydrogen) atoms. The van der Waals surface area contributed by atoms with Gasteiger partial charge in [0.25, 0.3) is 0 Å². The molecule has 0 saturated carbocycles. The summed E-state index contributed by atoms with van der Waals surface area (Å²) in [5, 5.41) is 2.07. The minimum absolute atomic E-state index is 0.637. The third-order valence-electron chi connectivity index (χ3n) is 2.06. The summed E-state index contributed by atoms with van der Waals surface area (Å²) < 4.78 is 17.4. The maximum Gasteiger partial charge on any atom is 0.506 e. The van der Waals surface area contributed by atoms with Crippen molar-refractivity contribution < 1.29 is 13.3 Å². The molecule has 1 aromatic rings. The molecule has 1 rings (SSSR count). The standard InChI is InChI=1S/C11H20O3SSi/c1-4-12-16(13-5-2,14-6-3)10-11-8-7-9-15-11/h7-9H,4-6,10H2,1-3H3. The zero-order valence-corrected chi connectivity index (χ0v) is 12.0. The van der Waals surface area contributed by atoms with Crippen LogP contribution in [0.1, 0.15) is 25.6 Å². The highest BCUT2D eigenvalue weighted by molar-refractivity contribution is 7.10. The van der Waals surface area contributed by atoms with E-state index in [4.69, 9.17) is 13.3 Å². The van der Waals surface area contributed by atoms with Crippen molar-refractivity contribution in [1.82, 2.24) is 0 Å².